The number of pyridine rings is 1. The minimum absolute atomic E-state index is 0.539. The molecule has 0 amide bonds. The standard InChI is InChI=1S/C56H32N6S2/c1-3-15-33(16-4-1)53-58-54(34-17-5-2-6-18-34)60-55(59-53)44-27-35(61-45-23-11-7-19-36(45)40-30-51-42(28-47(40)61)38-21-9-13-25-49(38)63-51)32-57-56(44)62-46-24-12-8-20-37(46)41-31-52-43(29-48(41)62)39-22-10-14-26-50(39)64-52/h1-32H. The molecule has 0 atom stereocenters. The number of fused-ring (bicyclic) bond motifs is 12. The fourth-order valence-corrected chi connectivity index (χ4v) is 12.0. The molecule has 0 fully saturated rings. The molecule has 0 bridgehead atoms. The van der Waals surface area contributed by atoms with E-state index in [9.17, 15) is 0 Å². The number of aromatic nitrogens is 6. The Kier molecular flexibility index (Phi) is 7.63. The minimum atomic E-state index is 0.539. The Morgan fingerprint density at radius 2 is 0.781 bits per heavy atom. The molecule has 6 nitrogen and oxygen atoms in total. The van der Waals surface area contributed by atoms with E-state index in [1.807, 2.05) is 65.3 Å². The maximum absolute atomic E-state index is 5.55. The average molecular weight is 853 g/mol. The minimum Gasteiger partial charge on any atom is -0.308 e. The zero-order valence-electron chi connectivity index (χ0n) is 34.0. The maximum atomic E-state index is 5.55. The van der Waals surface area contributed by atoms with Gasteiger partial charge in [0, 0.05) is 73.0 Å². The number of hydrogen-bond acceptors (Lipinski definition) is 6. The summed E-state index contributed by atoms with van der Waals surface area (Å²) in [6, 6.07) is 66.8. The Hall–Kier alpha value is -8.04. The first-order chi connectivity index (χ1) is 31.7. The summed E-state index contributed by atoms with van der Waals surface area (Å²) in [4.78, 5) is 21.3. The molecule has 14 rings (SSSR count). The molecule has 0 N–H and O–H groups in total. The van der Waals surface area contributed by atoms with E-state index < -0.39 is 0 Å². The summed E-state index contributed by atoms with van der Waals surface area (Å²) in [6.07, 6.45) is 2.02. The van der Waals surface area contributed by atoms with Crippen LogP contribution in [0.25, 0.3) is 130 Å². The summed E-state index contributed by atoms with van der Waals surface area (Å²) < 4.78 is 9.77. The Morgan fingerprint density at radius 1 is 0.328 bits per heavy atom. The van der Waals surface area contributed by atoms with E-state index in [-0.39, 0.29) is 0 Å². The van der Waals surface area contributed by atoms with Crippen LogP contribution in [0.4, 0.5) is 0 Å². The molecular formula is C56H32N6S2. The van der Waals surface area contributed by atoms with Gasteiger partial charge in [0.2, 0.25) is 0 Å². The van der Waals surface area contributed by atoms with E-state index in [1.54, 1.807) is 0 Å². The van der Waals surface area contributed by atoms with E-state index in [0.717, 1.165) is 55.6 Å². The molecule has 6 heterocycles. The van der Waals surface area contributed by atoms with Crippen molar-refractivity contribution in [3.63, 3.8) is 0 Å². The third kappa shape index (κ3) is 5.30. The van der Waals surface area contributed by atoms with Gasteiger partial charge in [0.15, 0.2) is 17.5 Å². The molecule has 14 aromatic rings. The van der Waals surface area contributed by atoms with Gasteiger partial charge in [-0.05, 0) is 54.6 Å². The van der Waals surface area contributed by atoms with Crippen LogP contribution < -0.4 is 0 Å². The van der Waals surface area contributed by atoms with Crippen molar-refractivity contribution >= 4 is 107 Å². The van der Waals surface area contributed by atoms with Crippen LogP contribution >= 0.6 is 22.7 Å². The highest BCUT2D eigenvalue weighted by molar-refractivity contribution is 7.26. The van der Waals surface area contributed by atoms with E-state index in [0.29, 0.717) is 17.5 Å². The summed E-state index contributed by atoms with van der Waals surface area (Å²) in [7, 11) is 0. The second-order valence-corrected chi connectivity index (χ2v) is 18.4. The van der Waals surface area contributed by atoms with Crippen molar-refractivity contribution in [1.29, 1.82) is 0 Å². The third-order valence-electron chi connectivity index (χ3n) is 12.6. The second kappa shape index (κ2) is 13.7. The summed E-state index contributed by atoms with van der Waals surface area (Å²) in [5.41, 5.74) is 7.88. The largest absolute Gasteiger partial charge is 0.308 e. The third-order valence-corrected chi connectivity index (χ3v) is 14.9. The van der Waals surface area contributed by atoms with Crippen molar-refractivity contribution in [3.05, 3.63) is 194 Å². The lowest BCUT2D eigenvalue weighted by Crippen LogP contribution is -2.07. The van der Waals surface area contributed by atoms with E-state index in [4.69, 9.17) is 19.9 Å². The van der Waals surface area contributed by atoms with E-state index >= 15 is 0 Å². The molecule has 0 spiro atoms. The highest BCUT2D eigenvalue weighted by Gasteiger charge is 2.24. The SMILES string of the molecule is c1ccc(-c2nc(-c3ccccc3)nc(-c3cc(-n4c5ccccc5c5cc6sc7ccccc7c6cc54)cnc3-n3c4ccccc4c4cc5sc6ccccc6c5cc43)n2)cc1. The molecule has 0 aliphatic rings. The van der Waals surface area contributed by atoms with Crippen LogP contribution in [0.15, 0.2) is 194 Å². The number of rotatable bonds is 5. The highest BCUT2D eigenvalue weighted by atomic mass is 32.1. The van der Waals surface area contributed by atoms with Gasteiger partial charge in [0.25, 0.3) is 0 Å². The molecule has 0 radical (unpaired) electrons. The Balaban J connectivity index is 1.11. The lowest BCUT2D eigenvalue weighted by Gasteiger charge is -2.16. The summed E-state index contributed by atoms with van der Waals surface area (Å²) >= 11 is 3.69. The van der Waals surface area contributed by atoms with Crippen LogP contribution in [-0.4, -0.2) is 29.1 Å². The molecule has 0 aliphatic heterocycles. The van der Waals surface area contributed by atoms with Crippen LogP contribution in [0, 0.1) is 0 Å². The Bertz CT molecular complexity index is 4140. The van der Waals surface area contributed by atoms with Gasteiger partial charge < -0.3 is 4.57 Å². The molecule has 6 aromatic heterocycles. The predicted octanol–water partition coefficient (Wildman–Crippen LogP) is 15.2. The normalized spacial score (nSPS) is 12.1. The lowest BCUT2D eigenvalue weighted by atomic mass is 10.1. The van der Waals surface area contributed by atoms with Crippen LogP contribution in [0.3, 0.4) is 0 Å². The maximum Gasteiger partial charge on any atom is 0.167 e. The summed E-state index contributed by atoms with van der Waals surface area (Å²) in [6.45, 7) is 0. The quantitative estimate of drug-likeness (QED) is 0.173. The van der Waals surface area contributed by atoms with Gasteiger partial charge in [0.1, 0.15) is 5.82 Å². The highest BCUT2D eigenvalue weighted by Crippen LogP contribution is 2.44. The van der Waals surface area contributed by atoms with Gasteiger partial charge in [-0.2, -0.15) is 0 Å². The van der Waals surface area contributed by atoms with Crippen molar-refractivity contribution in [1.82, 2.24) is 29.1 Å². The molecule has 8 heteroatoms. The van der Waals surface area contributed by atoms with Crippen molar-refractivity contribution in [2.24, 2.45) is 0 Å². The van der Waals surface area contributed by atoms with Crippen LogP contribution in [0.2, 0.25) is 0 Å². The van der Waals surface area contributed by atoms with Crippen LogP contribution in [0.5, 0.6) is 0 Å². The first-order valence-electron chi connectivity index (χ1n) is 21.3. The lowest BCUT2D eigenvalue weighted by molar-refractivity contribution is 1.03. The number of hydrogen-bond donors (Lipinski definition) is 0. The van der Waals surface area contributed by atoms with E-state index in [1.165, 1.54) is 56.5 Å². The Morgan fingerprint density at radius 3 is 1.34 bits per heavy atom. The van der Waals surface area contributed by atoms with Gasteiger partial charge in [-0.3, -0.25) is 4.57 Å². The fourth-order valence-electron chi connectivity index (χ4n) is 9.72. The van der Waals surface area contributed by atoms with Crippen molar-refractivity contribution < 1.29 is 0 Å². The number of thiophene rings is 2. The van der Waals surface area contributed by atoms with Crippen LogP contribution in [-0.2, 0) is 0 Å². The predicted molar refractivity (Wildman–Crippen MR) is 268 cm³/mol. The molecule has 298 valence electrons. The molecule has 0 unspecified atom stereocenters. The zero-order valence-corrected chi connectivity index (χ0v) is 35.6. The smallest absolute Gasteiger partial charge is 0.167 e. The van der Waals surface area contributed by atoms with Crippen molar-refractivity contribution in [3.8, 4) is 45.7 Å². The number of para-hydroxylation sites is 2. The molecular weight excluding hydrogens is 821 g/mol. The van der Waals surface area contributed by atoms with Crippen molar-refractivity contribution in [2.75, 3.05) is 0 Å². The molecule has 0 aliphatic carbocycles. The van der Waals surface area contributed by atoms with Gasteiger partial charge >= 0.3 is 0 Å². The number of nitrogens with zero attached hydrogens (tertiary/aromatic N) is 6. The molecule has 8 aromatic carbocycles. The van der Waals surface area contributed by atoms with Crippen molar-refractivity contribution in [2.45, 2.75) is 0 Å². The summed E-state index contributed by atoms with van der Waals surface area (Å²) in [5.74, 6) is 2.47. The average Bonchev–Trinajstić information content (AvgIpc) is 4.10. The summed E-state index contributed by atoms with van der Waals surface area (Å²) in [5, 5.41) is 9.72. The zero-order chi connectivity index (χ0) is 41.9. The molecule has 64 heavy (non-hydrogen) atoms. The van der Waals surface area contributed by atoms with Crippen LogP contribution in [0.1, 0.15) is 0 Å². The Labute approximate surface area is 373 Å². The molecule has 0 saturated heterocycles. The number of benzene rings is 8. The first kappa shape index (κ1) is 35.5. The van der Waals surface area contributed by atoms with Gasteiger partial charge in [-0.15, -0.1) is 22.7 Å². The second-order valence-electron chi connectivity index (χ2n) is 16.2. The van der Waals surface area contributed by atoms with E-state index in [2.05, 4.69) is 161 Å². The van der Waals surface area contributed by atoms with Gasteiger partial charge in [-0.25, -0.2) is 19.9 Å². The fraction of sp³-hybridized carbons (Fsp3) is 0. The first-order valence-corrected chi connectivity index (χ1v) is 22.9. The van der Waals surface area contributed by atoms with Gasteiger partial charge in [-0.1, -0.05) is 133 Å². The van der Waals surface area contributed by atoms with Gasteiger partial charge in [0.05, 0.1) is 39.5 Å². The molecule has 0 saturated carbocycles. The monoisotopic (exact) mass is 852 g/mol. The topological polar surface area (TPSA) is 61.4 Å².